The van der Waals surface area contributed by atoms with Gasteiger partial charge in [-0.25, -0.2) is 13.6 Å². The Morgan fingerprint density at radius 3 is 2.51 bits per heavy atom. The molecule has 2 atom stereocenters. The maximum Gasteiger partial charge on any atom is 0.475 e. The van der Waals surface area contributed by atoms with Gasteiger partial charge in [0.25, 0.3) is 11.8 Å². The third-order valence-corrected chi connectivity index (χ3v) is 7.41. The lowest BCUT2D eigenvalue weighted by molar-refractivity contribution is -0.131. The van der Waals surface area contributed by atoms with Crippen LogP contribution in [-0.4, -0.2) is 88.7 Å². The Morgan fingerprint density at radius 2 is 1.90 bits per heavy atom. The van der Waals surface area contributed by atoms with Crippen molar-refractivity contribution in [3.05, 3.63) is 47.5 Å². The molecule has 2 aliphatic rings. The molecule has 212 valence electrons. The minimum atomic E-state index is -2.70. The fourth-order valence-electron chi connectivity index (χ4n) is 5.06. The van der Waals surface area contributed by atoms with E-state index in [1.165, 1.54) is 11.0 Å². The average molecular weight is 546 g/mol. The first-order valence-corrected chi connectivity index (χ1v) is 13.3. The van der Waals surface area contributed by atoms with Gasteiger partial charge in [0.15, 0.2) is 0 Å². The van der Waals surface area contributed by atoms with Crippen molar-refractivity contribution in [3.63, 3.8) is 0 Å². The predicted molar refractivity (Wildman–Crippen MR) is 141 cm³/mol. The molecule has 0 bridgehead atoms. The largest absolute Gasteiger partial charge is 0.475 e. The van der Waals surface area contributed by atoms with Crippen molar-refractivity contribution >= 4 is 19.1 Å². The normalized spacial score (nSPS) is 21.0. The second-order valence-electron chi connectivity index (χ2n) is 10.8. The first-order chi connectivity index (χ1) is 18.4. The number of nitrogens with one attached hydrogen (secondary N) is 1. The van der Waals surface area contributed by atoms with Gasteiger partial charge >= 0.3 is 13.2 Å². The third-order valence-electron chi connectivity index (χ3n) is 7.41. The standard InChI is InChI=1S/C27H37BF2N4O5/c1-26(2,33-14-11-27(29,30)12-15-33)17-21(18-31)24(35)34-13-7-6-10-22(34)19-39-25(36)32-23(28(37)38)16-20-8-4-3-5-9-20/h3-5,8-9,17,22-23,37-38H,6-7,10-16,19H2,1-2H3,(H,32,36)/t22-,23+/m1/s1. The van der Waals surface area contributed by atoms with E-state index in [0.29, 0.717) is 13.0 Å². The van der Waals surface area contributed by atoms with E-state index < -0.39 is 42.6 Å². The van der Waals surface area contributed by atoms with Crippen molar-refractivity contribution in [1.29, 1.82) is 5.26 Å². The highest BCUT2D eigenvalue weighted by Crippen LogP contribution is 2.32. The first kappa shape index (κ1) is 30.5. The number of rotatable bonds is 9. The SMILES string of the molecule is CC(C)(C=C(C#N)C(=O)N1CCCC[C@@H]1COC(=O)N[C@@H](Cc1ccccc1)B(O)O)N1CCC(F)(F)CC1. The smallest absolute Gasteiger partial charge is 0.447 e. The summed E-state index contributed by atoms with van der Waals surface area (Å²) in [5.74, 6) is -4.18. The van der Waals surface area contributed by atoms with E-state index in [0.717, 1.165) is 18.4 Å². The lowest BCUT2D eigenvalue weighted by Crippen LogP contribution is -2.51. The highest BCUT2D eigenvalue weighted by Gasteiger charge is 2.39. The molecule has 0 spiro atoms. The predicted octanol–water partition coefficient (Wildman–Crippen LogP) is 2.68. The van der Waals surface area contributed by atoms with Crippen LogP contribution >= 0.6 is 0 Å². The Balaban J connectivity index is 1.62. The molecule has 2 heterocycles. The van der Waals surface area contributed by atoms with Crippen LogP contribution in [0.5, 0.6) is 0 Å². The van der Waals surface area contributed by atoms with E-state index in [4.69, 9.17) is 4.74 Å². The van der Waals surface area contributed by atoms with E-state index in [2.05, 4.69) is 5.32 Å². The fraction of sp³-hybridized carbons (Fsp3) is 0.593. The Labute approximate surface area is 228 Å². The summed E-state index contributed by atoms with van der Waals surface area (Å²) < 4.78 is 32.6. The molecular formula is C27H37BF2N4O5. The number of ether oxygens (including phenoxy) is 1. The highest BCUT2D eigenvalue weighted by molar-refractivity contribution is 6.43. The molecular weight excluding hydrogens is 509 g/mol. The lowest BCUT2D eigenvalue weighted by atomic mass is 9.76. The molecule has 2 saturated heterocycles. The molecule has 2 aliphatic heterocycles. The minimum Gasteiger partial charge on any atom is -0.447 e. The van der Waals surface area contributed by atoms with Crippen LogP contribution < -0.4 is 5.32 Å². The summed E-state index contributed by atoms with van der Waals surface area (Å²) in [5, 5.41) is 31.7. The number of nitriles is 1. The summed E-state index contributed by atoms with van der Waals surface area (Å²) in [6, 6.07) is 10.6. The van der Waals surface area contributed by atoms with Gasteiger partial charge in [0.05, 0.1) is 12.0 Å². The van der Waals surface area contributed by atoms with Crippen LogP contribution in [0, 0.1) is 11.3 Å². The number of hydrogen-bond donors (Lipinski definition) is 3. The van der Waals surface area contributed by atoms with Gasteiger partial charge in [-0.1, -0.05) is 30.3 Å². The van der Waals surface area contributed by atoms with Crippen molar-refractivity contribution in [1.82, 2.24) is 15.1 Å². The van der Waals surface area contributed by atoms with Crippen LogP contribution in [0.2, 0.25) is 0 Å². The van der Waals surface area contributed by atoms with Gasteiger partial charge in [0.2, 0.25) is 0 Å². The highest BCUT2D eigenvalue weighted by atomic mass is 19.3. The Kier molecular flexibility index (Phi) is 10.5. The topological polar surface area (TPSA) is 126 Å². The number of halogens is 2. The second-order valence-corrected chi connectivity index (χ2v) is 10.8. The summed E-state index contributed by atoms with van der Waals surface area (Å²) in [7, 11) is -1.80. The van der Waals surface area contributed by atoms with Crippen molar-refractivity contribution < 1.29 is 33.2 Å². The Morgan fingerprint density at radius 1 is 1.23 bits per heavy atom. The molecule has 0 saturated carbocycles. The van der Waals surface area contributed by atoms with E-state index in [1.54, 1.807) is 38.1 Å². The molecule has 0 unspecified atom stereocenters. The molecule has 39 heavy (non-hydrogen) atoms. The molecule has 3 N–H and O–H groups in total. The number of carbonyl (C=O) groups excluding carboxylic acids is 2. The van der Waals surface area contributed by atoms with Crippen LogP contribution in [0.25, 0.3) is 0 Å². The summed E-state index contributed by atoms with van der Waals surface area (Å²) in [5.41, 5.74) is -0.0606. The number of hydrogen-bond acceptors (Lipinski definition) is 7. The molecule has 1 aromatic carbocycles. The summed E-state index contributed by atoms with van der Waals surface area (Å²) in [6.07, 6.45) is 2.44. The summed E-state index contributed by atoms with van der Waals surface area (Å²) in [6.45, 7) is 4.17. The fourth-order valence-corrected chi connectivity index (χ4v) is 5.06. The van der Waals surface area contributed by atoms with Crippen LogP contribution in [0.4, 0.5) is 13.6 Å². The van der Waals surface area contributed by atoms with Gasteiger partial charge < -0.3 is 25.0 Å². The zero-order valence-electron chi connectivity index (χ0n) is 22.5. The number of benzene rings is 1. The number of piperidine rings is 2. The summed E-state index contributed by atoms with van der Waals surface area (Å²) in [4.78, 5) is 29.2. The zero-order chi connectivity index (χ0) is 28.6. The number of amides is 2. The van der Waals surface area contributed by atoms with E-state index in [9.17, 15) is 33.7 Å². The molecule has 0 aliphatic carbocycles. The first-order valence-electron chi connectivity index (χ1n) is 13.3. The second kappa shape index (κ2) is 13.4. The molecule has 3 rings (SSSR count). The number of carbonyl (C=O) groups is 2. The lowest BCUT2D eigenvalue weighted by Gasteiger charge is -2.41. The number of alkyl carbamates (subject to hydrolysis) is 1. The van der Waals surface area contributed by atoms with Crippen molar-refractivity contribution in [2.75, 3.05) is 26.2 Å². The third kappa shape index (κ3) is 8.75. The molecule has 9 nitrogen and oxygen atoms in total. The zero-order valence-corrected chi connectivity index (χ0v) is 22.5. The molecule has 2 fully saturated rings. The molecule has 0 radical (unpaired) electrons. The molecule has 0 aromatic heterocycles. The van der Waals surface area contributed by atoms with Crippen LogP contribution in [0.3, 0.4) is 0 Å². The molecule has 12 heteroatoms. The number of nitrogens with zero attached hydrogens (tertiary/aromatic N) is 3. The van der Waals surface area contributed by atoms with E-state index in [1.807, 2.05) is 17.0 Å². The maximum atomic E-state index is 13.6. The average Bonchev–Trinajstić information content (AvgIpc) is 2.90. The minimum absolute atomic E-state index is 0.0833. The van der Waals surface area contributed by atoms with Gasteiger partial charge in [-0.2, -0.15) is 5.26 Å². The number of alkyl halides is 2. The van der Waals surface area contributed by atoms with Gasteiger partial charge in [-0.05, 0) is 51.2 Å². The number of likely N-dealkylation sites (tertiary alicyclic amines) is 2. The molecule has 2 amide bonds. The van der Waals surface area contributed by atoms with Crippen molar-refractivity contribution in [2.24, 2.45) is 0 Å². The maximum absolute atomic E-state index is 13.6. The van der Waals surface area contributed by atoms with Gasteiger partial charge in [-0.3, -0.25) is 9.69 Å². The van der Waals surface area contributed by atoms with E-state index in [-0.39, 0.29) is 44.5 Å². The summed E-state index contributed by atoms with van der Waals surface area (Å²) >= 11 is 0. The van der Waals surface area contributed by atoms with Crippen molar-refractivity contribution in [2.45, 2.75) is 75.8 Å². The molecule has 1 aromatic rings. The van der Waals surface area contributed by atoms with Crippen LogP contribution in [-0.2, 0) is 16.0 Å². The van der Waals surface area contributed by atoms with Crippen molar-refractivity contribution in [3.8, 4) is 6.07 Å². The Hall–Kier alpha value is -3.01. The van der Waals surface area contributed by atoms with Crippen LogP contribution in [0.15, 0.2) is 42.0 Å². The monoisotopic (exact) mass is 546 g/mol. The van der Waals surface area contributed by atoms with E-state index >= 15 is 0 Å². The Bertz CT molecular complexity index is 1050. The quantitative estimate of drug-likeness (QED) is 0.247. The van der Waals surface area contributed by atoms with Gasteiger partial charge in [0.1, 0.15) is 18.2 Å². The van der Waals surface area contributed by atoms with Crippen LogP contribution in [0.1, 0.15) is 51.5 Å². The van der Waals surface area contributed by atoms with Gasteiger partial charge in [-0.15, -0.1) is 0 Å². The van der Waals surface area contributed by atoms with Gasteiger partial charge in [0, 0.05) is 38.0 Å².